The lowest BCUT2D eigenvalue weighted by Gasteiger charge is -2.27. The highest BCUT2D eigenvalue weighted by atomic mass is 15.2. The zero-order valence-electron chi connectivity index (χ0n) is 10.2. The van der Waals surface area contributed by atoms with Crippen LogP contribution in [0.5, 0.6) is 0 Å². The summed E-state index contributed by atoms with van der Waals surface area (Å²) in [6, 6.07) is 3.39. The van der Waals surface area contributed by atoms with E-state index in [1.807, 2.05) is 0 Å². The number of nitrogens with zero attached hydrogens (tertiary/aromatic N) is 2. The number of nitrogens with one attached hydrogen (secondary N) is 1. The number of nitrogens with two attached hydrogens (primary N) is 1. The van der Waals surface area contributed by atoms with Crippen LogP contribution >= 0.6 is 0 Å². The summed E-state index contributed by atoms with van der Waals surface area (Å²) in [6.07, 6.45) is 3.66. The zero-order chi connectivity index (χ0) is 11.5. The summed E-state index contributed by atoms with van der Waals surface area (Å²) < 4.78 is 0. The molecule has 0 aromatic carbocycles. The summed E-state index contributed by atoms with van der Waals surface area (Å²) in [5.74, 6) is 0. The van der Waals surface area contributed by atoms with E-state index in [2.05, 4.69) is 35.0 Å². The Hall–Kier alpha value is -0.870. The highest BCUT2D eigenvalue weighted by Crippen LogP contribution is 2.22. The fraction of sp³-hybridized carbons (Fsp3) is 0.750. The molecule has 1 aliphatic rings. The van der Waals surface area contributed by atoms with E-state index in [1.54, 1.807) is 0 Å². The standard InChI is InChI=1S/C12H22N4/c1-9(2)16-5-3-4-12(16)7-10-6-11(8-13)15-14-10/h6,9,12H,3-5,7-8,13H2,1-2H3,(H,14,15). The summed E-state index contributed by atoms with van der Waals surface area (Å²) in [6.45, 7) is 6.32. The number of aromatic amines is 1. The van der Waals surface area contributed by atoms with Gasteiger partial charge in [0.15, 0.2) is 0 Å². The molecule has 2 heterocycles. The molecule has 4 nitrogen and oxygen atoms in total. The first kappa shape index (κ1) is 11.6. The van der Waals surface area contributed by atoms with Gasteiger partial charge in [0.2, 0.25) is 0 Å². The van der Waals surface area contributed by atoms with Crippen LogP contribution in [0.4, 0.5) is 0 Å². The minimum absolute atomic E-state index is 0.547. The van der Waals surface area contributed by atoms with Crippen molar-refractivity contribution in [1.82, 2.24) is 15.1 Å². The van der Waals surface area contributed by atoms with Gasteiger partial charge in [-0.1, -0.05) is 0 Å². The Balaban J connectivity index is 1.98. The third-order valence-corrected chi connectivity index (χ3v) is 3.43. The lowest BCUT2D eigenvalue weighted by molar-refractivity contribution is 0.202. The quantitative estimate of drug-likeness (QED) is 0.807. The molecule has 16 heavy (non-hydrogen) atoms. The molecule has 90 valence electrons. The second-order valence-electron chi connectivity index (χ2n) is 4.92. The normalized spacial score (nSPS) is 22.1. The van der Waals surface area contributed by atoms with E-state index in [0.29, 0.717) is 18.6 Å². The molecule has 0 aliphatic carbocycles. The molecule has 4 heteroatoms. The Morgan fingerprint density at radius 1 is 1.62 bits per heavy atom. The van der Waals surface area contributed by atoms with Crippen molar-refractivity contribution in [1.29, 1.82) is 0 Å². The Morgan fingerprint density at radius 2 is 2.44 bits per heavy atom. The summed E-state index contributed by atoms with van der Waals surface area (Å²) in [5, 5.41) is 7.29. The Labute approximate surface area is 97.2 Å². The molecule has 1 atom stereocenters. The van der Waals surface area contributed by atoms with E-state index in [0.717, 1.165) is 17.8 Å². The molecule has 0 saturated carbocycles. The van der Waals surface area contributed by atoms with Crippen LogP contribution in [0.3, 0.4) is 0 Å². The van der Waals surface area contributed by atoms with Crippen LogP contribution < -0.4 is 5.73 Å². The molecule has 2 rings (SSSR count). The largest absolute Gasteiger partial charge is 0.325 e. The first-order valence-electron chi connectivity index (χ1n) is 6.19. The summed E-state index contributed by atoms with van der Waals surface area (Å²) in [5.41, 5.74) is 7.75. The molecule has 1 saturated heterocycles. The van der Waals surface area contributed by atoms with Gasteiger partial charge in [0.05, 0.1) is 5.69 Å². The molecule has 0 spiro atoms. The van der Waals surface area contributed by atoms with Crippen molar-refractivity contribution in [3.63, 3.8) is 0 Å². The fourth-order valence-corrected chi connectivity index (χ4v) is 2.62. The van der Waals surface area contributed by atoms with Crippen molar-refractivity contribution in [3.05, 3.63) is 17.5 Å². The lowest BCUT2D eigenvalue weighted by Crippen LogP contribution is -2.36. The maximum atomic E-state index is 5.57. The van der Waals surface area contributed by atoms with Gasteiger partial charge in [0, 0.05) is 30.7 Å². The van der Waals surface area contributed by atoms with Crippen LogP contribution in [0, 0.1) is 0 Å². The van der Waals surface area contributed by atoms with Crippen LogP contribution in [0.2, 0.25) is 0 Å². The molecule has 0 bridgehead atoms. The molecule has 3 N–H and O–H groups in total. The molecule has 0 amide bonds. The van der Waals surface area contributed by atoms with Crippen LogP contribution in [0.1, 0.15) is 38.1 Å². The van der Waals surface area contributed by atoms with Crippen LogP contribution in [-0.4, -0.2) is 33.7 Å². The molecule has 1 aromatic heterocycles. The molecular formula is C12H22N4. The average Bonchev–Trinajstić information content (AvgIpc) is 2.87. The SMILES string of the molecule is CC(C)N1CCCC1Cc1cc(CN)[nH]n1. The van der Waals surface area contributed by atoms with Crippen molar-refractivity contribution >= 4 is 0 Å². The molecule has 1 fully saturated rings. The van der Waals surface area contributed by atoms with Gasteiger partial charge in [-0.05, 0) is 39.3 Å². The molecule has 1 aliphatic heterocycles. The lowest BCUT2D eigenvalue weighted by atomic mass is 10.1. The minimum Gasteiger partial charge on any atom is -0.325 e. The maximum absolute atomic E-state index is 5.57. The van der Waals surface area contributed by atoms with Gasteiger partial charge in [-0.15, -0.1) is 0 Å². The van der Waals surface area contributed by atoms with E-state index >= 15 is 0 Å². The highest BCUT2D eigenvalue weighted by molar-refractivity contribution is 5.10. The number of likely N-dealkylation sites (tertiary alicyclic amines) is 1. The van der Waals surface area contributed by atoms with Crippen molar-refractivity contribution in [3.8, 4) is 0 Å². The van der Waals surface area contributed by atoms with E-state index in [-0.39, 0.29) is 0 Å². The van der Waals surface area contributed by atoms with Gasteiger partial charge in [-0.2, -0.15) is 5.10 Å². The minimum atomic E-state index is 0.547. The van der Waals surface area contributed by atoms with E-state index in [4.69, 9.17) is 5.73 Å². The van der Waals surface area contributed by atoms with Gasteiger partial charge in [0.25, 0.3) is 0 Å². The molecule has 1 unspecified atom stereocenters. The Kier molecular flexibility index (Phi) is 3.61. The number of H-pyrrole nitrogens is 1. The second-order valence-corrected chi connectivity index (χ2v) is 4.92. The topological polar surface area (TPSA) is 57.9 Å². The monoisotopic (exact) mass is 222 g/mol. The number of aromatic nitrogens is 2. The first-order chi connectivity index (χ1) is 7.70. The Morgan fingerprint density at radius 3 is 3.06 bits per heavy atom. The van der Waals surface area contributed by atoms with Crippen molar-refractivity contribution in [2.45, 2.75) is 51.7 Å². The van der Waals surface area contributed by atoms with Crippen molar-refractivity contribution in [2.75, 3.05) is 6.54 Å². The van der Waals surface area contributed by atoms with Gasteiger partial charge in [-0.25, -0.2) is 0 Å². The first-order valence-corrected chi connectivity index (χ1v) is 6.19. The van der Waals surface area contributed by atoms with Gasteiger partial charge >= 0.3 is 0 Å². The third-order valence-electron chi connectivity index (χ3n) is 3.43. The van der Waals surface area contributed by atoms with Crippen LogP contribution in [0.15, 0.2) is 6.07 Å². The number of rotatable bonds is 4. The maximum Gasteiger partial charge on any atom is 0.0641 e. The molecular weight excluding hydrogens is 200 g/mol. The van der Waals surface area contributed by atoms with Crippen LogP contribution in [0.25, 0.3) is 0 Å². The third kappa shape index (κ3) is 2.44. The van der Waals surface area contributed by atoms with E-state index in [9.17, 15) is 0 Å². The molecule has 1 aromatic rings. The molecule has 0 radical (unpaired) electrons. The second kappa shape index (κ2) is 4.97. The predicted molar refractivity (Wildman–Crippen MR) is 65.0 cm³/mol. The fourth-order valence-electron chi connectivity index (χ4n) is 2.62. The smallest absolute Gasteiger partial charge is 0.0641 e. The van der Waals surface area contributed by atoms with Gasteiger partial charge in [-0.3, -0.25) is 10.00 Å². The summed E-state index contributed by atoms with van der Waals surface area (Å²) >= 11 is 0. The van der Waals surface area contributed by atoms with Gasteiger partial charge < -0.3 is 5.73 Å². The predicted octanol–water partition coefficient (Wildman–Crippen LogP) is 1.28. The zero-order valence-corrected chi connectivity index (χ0v) is 10.2. The van der Waals surface area contributed by atoms with Crippen LogP contribution in [-0.2, 0) is 13.0 Å². The number of hydrogen-bond acceptors (Lipinski definition) is 3. The Bertz CT molecular complexity index is 332. The van der Waals surface area contributed by atoms with Crippen molar-refractivity contribution in [2.24, 2.45) is 5.73 Å². The van der Waals surface area contributed by atoms with E-state index in [1.165, 1.54) is 19.4 Å². The van der Waals surface area contributed by atoms with Crippen molar-refractivity contribution < 1.29 is 0 Å². The average molecular weight is 222 g/mol. The highest BCUT2D eigenvalue weighted by Gasteiger charge is 2.26. The number of hydrogen-bond donors (Lipinski definition) is 2. The summed E-state index contributed by atoms with van der Waals surface area (Å²) in [7, 11) is 0. The van der Waals surface area contributed by atoms with E-state index < -0.39 is 0 Å². The van der Waals surface area contributed by atoms with Gasteiger partial charge in [0.1, 0.15) is 0 Å². The summed E-state index contributed by atoms with van der Waals surface area (Å²) in [4.78, 5) is 2.58.